The van der Waals surface area contributed by atoms with Crippen molar-refractivity contribution in [2.45, 2.75) is 13.8 Å². The second-order valence-electron chi connectivity index (χ2n) is 5.55. The standard InChI is InChI=1S/C18H17N/c1-18(2)10-8-14-6-7-16(13-15(14)9-11-18)17-5-3-4-12-19-17/h3-13H,1-2H3. The predicted molar refractivity (Wildman–Crippen MR) is 81.5 cm³/mol. The first-order valence-corrected chi connectivity index (χ1v) is 6.58. The topological polar surface area (TPSA) is 12.9 Å². The van der Waals surface area contributed by atoms with E-state index in [4.69, 9.17) is 0 Å². The summed E-state index contributed by atoms with van der Waals surface area (Å²) in [5.74, 6) is 0. The zero-order valence-electron chi connectivity index (χ0n) is 11.3. The maximum absolute atomic E-state index is 4.41. The summed E-state index contributed by atoms with van der Waals surface area (Å²) in [5, 5.41) is 0. The van der Waals surface area contributed by atoms with Crippen LogP contribution in [0.1, 0.15) is 25.0 Å². The summed E-state index contributed by atoms with van der Waals surface area (Å²) in [6.07, 6.45) is 10.7. The Balaban J connectivity index is 2.07. The van der Waals surface area contributed by atoms with Gasteiger partial charge in [-0.2, -0.15) is 0 Å². The van der Waals surface area contributed by atoms with Gasteiger partial charge in [-0.3, -0.25) is 4.98 Å². The minimum atomic E-state index is 0.115. The molecule has 0 fully saturated rings. The van der Waals surface area contributed by atoms with Gasteiger partial charge in [0.15, 0.2) is 0 Å². The third-order valence-electron chi connectivity index (χ3n) is 3.43. The van der Waals surface area contributed by atoms with E-state index in [1.807, 2.05) is 24.4 Å². The fourth-order valence-electron chi connectivity index (χ4n) is 2.23. The lowest BCUT2D eigenvalue weighted by molar-refractivity contribution is 0.633. The summed E-state index contributed by atoms with van der Waals surface area (Å²) in [5.41, 5.74) is 4.82. The Kier molecular flexibility index (Phi) is 2.83. The Morgan fingerprint density at radius 3 is 2.42 bits per heavy atom. The molecule has 1 heteroatoms. The maximum atomic E-state index is 4.41. The summed E-state index contributed by atoms with van der Waals surface area (Å²) >= 11 is 0. The highest BCUT2D eigenvalue weighted by atomic mass is 14.7. The SMILES string of the molecule is CC1(C)C=Cc2ccc(-c3ccccn3)cc2C=C1. The normalized spacial score (nSPS) is 15.9. The van der Waals surface area contributed by atoms with E-state index in [9.17, 15) is 0 Å². The van der Waals surface area contributed by atoms with Crippen molar-refractivity contribution >= 4 is 12.2 Å². The molecule has 0 radical (unpaired) electrons. The van der Waals surface area contributed by atoms with E-state index in [0.717, 1.165) is 11.3 Å². The minimum Gasteiger partial charge on any atom is -0.256 e. The zero-order chi connectivity index (χ0) is 13.3. The van der Waals surface area contributed by atoms with Gasteiger partial charge in [0.25, 0.3) is 0 Å². The van der Waals surface area contributed by atoms with Gasteiger partial charge in [0.2, 0.25) is 0 Å². The molecule has 1 aromatic carbocycles. The highest BCUT2D eigenvalue weighted by molar-refractivity contribution is 5.74. The van der Waals surface area contributed by atoms with Crippen LogP contribution >= 0.6 is 0 Å². The molecular formula is C18H17N. The van der Waals surface area contributed by atoms with Crippen molar-refractivity contribution in [1.29, 1.82) is 0 Å². The van der Waals surface area contributed by atoms with Crippen LogP contribution in [0.15, 0.2) is 54.7 Å². The first-order valence-electron chi connectivity index (χ1n) is 6.58. The van der Waals surface area contributed by atoms with Crippen molar-refractivity contribution in [2.75, 3.05) is 0 Å². The van der Waals surface area contributed by atoms with E-state index in [1.54, 1.807) is 0 Å². The van der Waals surface area contributed by atoms with Crippen molar-refractivity contribution in [3.8, 4) is 11.3 Å². The van der Waals surface area contributed by atoms with E-state index in [2.05, 4.69) is 61.3 Å². The van der Waals surface area contributed by atoms with Gasteiger partial charge in [-0.15, -0.1) is 0 Å². The van der Waals surface area contributed by atoms with Crippen LogP contribution in [0.3, 0.4) is 0 Å². The molecule has 0 spiro atoms. The molecule has 0 aliphatic heterocycles. The molecule has 0 unspecified atom stereocenters. The maximum Gasteiger partial charge on any atom is 0.0702 e. The lowest BCUT2D eigenvalue weighted by atomic mass is 9.93. The van der Waals surface area contributed by atoms with Gasteiger partial charge in [0.05, 0.1) is 5.69 Å². The molecule has 1 aliphatic rings. The highest BCUT2D eigenvalue weighted by Crippen LogP contribution is 2.29. The average Bonchev–Trinajstić information content (AvgIpc) is 2.59. The molecular weight excluding hydrogens is 230 g/mol. The van der Waals surface area contributed by atoms with E-state index >= 15 is 0 Å². The van der Waals surface area contributed by atoms with Gasteiger partial charge in [-0.25, -0.2) is 0 Å². The van der Waals surface area contributed by atoms with Gasteiger partial charge < -0.3 is 0 Å². The van der Waals surface area contributed by atoms with Crippen LogP contribution in [-0.4, -0.2) is 4.98 Å². The fourth-order valence-corrected chi connectivity index (χ4v) is 2.23. The molecule has 1 heterocycles. The van der Waals surface area contributed by atoms with Crippen molar-refractivity contribution < 1.29 is 0 Å². The third kappa shape index (κ3) is 2.50. The first kappa shape index (κ1) is 11.9. The van der Waals surface area contributed by atoms with Gasteiger partial charge in [0.1, 0.15) is 0 Å². The first-order chi connectivity index (χ1) is 9.14. The third-order valence-corrected chi connectivity index (χ3v) is 3.43. The van der Waals surface area contributed by atoms with Crippen molar-refractivity contribution in [3.05, 3.63) is 65.9 Å². The van der Waals surface area contributed by atoms with Crippen molar-refractivity contribution in [1.82, 2.24) is 4.98 Å². The van der Waals surface area contributed by atoms with Crippen LogP contribution < -0.4 is 0 Å². The number of hydrogen-bond donors (Lipinski definition) is 0. The lowest BCUT2D eigenvalue weighted by Crippen LogP contribution is -1.99. The van der Waals surface area contributed by atoms with E-state index < -0.39 is 0 Å². The zero-order valence-corrected chi connectivity index (χ0v) is 11.3. The summed E-state index contributed by atoms with van der Waals surface area (Å²) in [6, 6.07) is 12.5. The number of rotatable bonds is 1. The summed E-state index contributed by atoms with van der Waals surface area (Å²) in [7, 11) is 0. The van der Waals surface area contributed by atoms with E-state index in [0.29, 0.717) is 0 Å². The number of nitrogens with zero attached hydrogens (tertiary/aromatic N) is 1. The quantitative estimate of drug-likeness (QED) is 0.704. The summed E-state index contributed by atoms with van der Waals surface area (Å²) < 4.78 is 0. The van der Waals surface area contributed by atoms with Crippen molar-refractivity contribution in [3.63, 3.8) is 0 Å². The smallest absolute Gasteiger partial charge is 0.0702 e. The number of fused-ring (bicyclic) bond motifs is 1. The highest BCUT2D eigenvalue weighted by Gasteiger charge is 2.13. The molecule has 0 N–H and O–H groups in total. The number of pyridine rings is 1. The predicted octanol–water partition coefficient (Wildman–Crippen LogP) is 4.81. The molecule has 3 rings (SSSR count). The van der Waals surface area contributed by atoms with Gasteiger partial charge in [0, 0.05) is 17.2 Å². The van der Waals surface area contributed by atoms with Gasteiger partial charge >= 0.3 is 0 Å². The van der Waals surface area contributed by atoms with Gasteiger partial charge in [-0.05, 0) is 29.3 Å². The molecule has 19 heavy (non-hydrogen) atoms. The van der Waals surface area contributed by atoms with Crippen LogP contribution in [0.4, 0.5) is 0 Å². The van der Waals surface area contributed by atoms with Crippen LogP contribution in [0, 0.1) is 5.41 Å². The molecule has 0 atom stereocenters. The van der Waals surface area contributed by atoms with Crippen LogP contribution in [0.25, 0.3) is 23.4 Å². The second kappa shape index (κ2) is 4.51. The molecule has 0 bridgehead atoms. The molecule has 2 aromatic rings. The van der Waals surface area contributed by atoms with Crippen LogP contribution in [0.2, 0.25) is 0 Å². The second-order valence-corrected chi connectivity index (χ2v) is 5.55. The number of hydrogen-bond acceptors (Lipinski definition) is 1. The van der Waals surface area contributed by atoms with Gasteiger partial charge in [-0.1, -0.05) is 56.4 Å². The number of benzene rings is 1. The molecule has 1 nitrogen and oxygen atoms in total. The molecule has 1 aromatic heterocycles. The Labute approximate surface area is 114 Å². The van der Waals surface area contributed by atoms with E-state index in [-0.39, 0.29) is 5.41 Å². The summed E-state index contributed by atoms with van der Waals surface area (Å²) in [6.45, 7) is 4.43. The Bertz CT molecular complexity index is 649. The molecule has 1 aliphatic carbocycles. The average molecular weight is 247 g/mol. The summed E-state index contributed by atoms with van der Waals surface area (Å²) in [4.78, 5) is 4.41. The Hall–Kier alpha value is -2.15. The Morgan fingerprint density at radius 1 is 0.895 bits per heavy atom. The fraction of sp³-hybridized carbons (Fsp3) is 0.167. The van der Waals surface area contributed by atoms with Crippen LogP contribution in [-0.2, 0) is 0 Å². The number of allylic oxidation sites excluding steroid dienone is 2. The molecule has 0 amide bonds. The molecule has 94 valence electrons. The lowest BCUT2D eigenvalue weighted by Gasteiger charge is -2.12. The Morgan fingerprint density at radius 2 is 1.68 bits per heavy atom. The molecule has 0 saturated carbocycles. The molecule has 0 saturated heterocycles. The van der Waals surface area contributed by atoms with Crippen LogP contribution in [0.5, 0.6) is 0 Å². The largest absolute Gasteiger partial charge is 0.256 e. The minimum absolute atomic E-state index is 0.115. The van der Waals surface area contributed by atoms with Crippen molar-refractivity contribution in [2.24, 2.45) is 5.41 Å². The monoisotopic (exact) mass is 247 g/mol. The van der Waals surface area contributed by atoms with E-state index in [1.165, 1.54) is 11.1 Å². The number of aromatic nitrogens is 1.